The van der Waals surface area contributed by atoms with Crippen molar-refractivity contribution in [2.45, 2.75) is 38.5 Å². The minimum Gasteiger partial charge on any atom is -0.399 e. The fraction of sp³-hybridized carbons (Fsp3) is 0.538. The molecular weight excluding hydrogens is 200 g/mol. The lowest BCUT2D eigenvalue weighted by Gasteiger charge is -2.26. The molecule has 0 saturated carbocycles. The number of aliphatic hydroxyl groups is 1. The molecule has 0 amide bonds. The van der Waals surface area contributed by atoms with E-state index in [1.165, 1.54) is 12.0 Å². The highest BCUT2D eigenvalue weighted by Crippen LogP contribution is 2.22. The van der Waals surface area contributed by atoms with Gasteiger partial charge in [-0.3, -0.25) is 4.90 Å². The summed E-state index contributed by atoms with van der Waals surface area (Å²) < 4.78 is 0. The van der Waals surface area contributed by atoms with Crippen molar-refractivity contribution in [2.24, 2.45) is 0 Å². The van der Waals surface area contributed by atoms with Crippen LogP contribution in [0.15, 0.2) is 24.3 Å². The van der Waals surface area contributed by atoms with E-state index < -0.39 is 0 Å². The van der Waals surface area contributed by atoms with Gasteiger partial charge < -0.3 is 10.8 Å². The van der Waals surface area contributed by atoms with Crippen LogP contribution in [0, 0.1) is 0 Å². The Morgan fingerprint density at radius 2 is 2.12 bits per heavy atom. The average Bonchev–Trinajstić information content (AvgIpc) is 2.69. The lowest BCUT2D eigenvalue weighted by molar-refractivity contribution is 0.0828. The second-order valence-corrected chi connectivity index (χ2v) is 4.66. The van der Waals surface area contributed by atoms with Gasteiger partial charge in [-0.25, -0.2) is 0 Å². The van der Waals surface area contributed by atoms with Gasteiger partial charge in [-0.1, -0.05) is 12.1 Å². The highest BCUT2D eigenvalue weighted by Gasteiger charge is 2.27. The molecule has 88 valence electrons. The summed E-state index contributed by atoms with van der Waals surface area (Å²) in [6.07, 6.45) is 2.05. The Balaban J connectivity index is 2.01. The Morgan fingerprint density at radius 3 is 2.75 bits per heavy atom. The van der Waals surface area contributed by atoms with Crippen molar-refractivity contribution in [3.63, 3.8) is 0 Å². The number of nitrogens with zero attached hydrogens (tertiary/aromatic N) is 1. The smallest absolute Gasteiger partial charge is 0.0667 e. The fourth-order valence-corrected chi connectivity index (χ4v) is 2.45. The van der Waals surface area contributed by atoms with E-state index in [4.69, 9.17) is 5.73 Å². The molecule has 3 heteroatoms. The summed E-state index contributed by atoms with van der Waals surface area (Å²) in [5.41, 5.74) is 7.73. The lowest BCUT2D eigenvalue weighted by atomic mass is 10.1. The highest BCUT2D eigenvalue weighted by atomic mass is 16.3. The number of hydrogen-bond donors (Lipinski definition) is 2. The average molecular weight is 220 g/mol. The number of anilines is 1. The van der Waals surface area contributed by atoms with E-state index in [1.54, 1.807) is 0 Å². The fourth-order valence-electron chi connectivity index (χ4n) is 2.45. The van der Waals surface area contributed by atoms with Crippen LogP contribution in [0.3, 0.4) is 0 Å². The Hall–Kier alpha value is -1.06. The van der Waals surface area contributed by atoms with E-state index in [-0.39, 0.29) is 6.10 Å². The van der Waals surface area contributed by atoms with Crippen molar-refractivity contribution < 1.29 is 5.11 Å². The van der Waals surface area contributed by atoms with Crippen LogP contribution in [-0.4, -0.2) is 28.7 Å². The van der Waals surface area contributed by atoms with Crippen LogP contribution in [-0.2, 0) is 6.54 Å². The van der Waals surface area contributed by atoms with Gasteiger partial charge in [0.15, 0.2) is 0 Å². The zero-order valence-corrected chi connectivity index (χ0v) is 9.76. The van der Waals surface area contributed by atoms with Crippen LogP contribution >= 0.6 is 0 Å². The SMILES string of the molecule is CC(O)C1CCCN1Cc1ccc(N)cc1. The Kier molecular flexibility index (Phi) is 3.46. The number of rotatable bonds is 3. The molecule has 2 rings (SSSR count). The second-order valence-electron chi connectivity index (χ2n) is 4.66. The summed E-state index contributed by atoms with van der Waals surface area (Å²) >= 11 is 0. The van der Waals surface area contributed by atoms with Crippen molar-refractivity contribution in [2.75, 3.05) is 12.3 Å². The Bertz CT molecular complexity index is 334. The van der Waals surface area contributed by atoms with Crippen LogP contribution < -0.4 is 5.73 Å². The number of hydrogen-bond acceptors (Lipinski definition) is 3. The lowest BCUT2D eigenvalue weighted by Crippen LogP contribution is -2.36. The molecule has 2 unspecified atom stereocenters. The predicted molar refractivity (Wildman–Crippen MR) is 66.0 cm³/mol. The zero-order valence-electron chi connectivity index (χ0n) is 9.76. The summed E-state index contributed by atoms with van der Waals surface area (Å²) in [6, 6.07) is 8.31. The maximum Gasteiger partial charge on any atom is 0.0667 e. The van der Waals surface area contributed by atoms with Gasteiger partial charge in [0.1, 0.15) is 0 Å². The minimum atomic E-state index is -0.240. The molecule has 1 aliphatic heterocycles. The summed E-state index contributed by atoms with van der Waals surface area (Å²) in [5, 5.41) is 9.68. The third-order valence-corrected chi connectivity index (χ3v) is 3.34. The third-order valence-electron chi connectivity index (χ3n) is 3.34. The molecule has 0 spiro atoms. The Morgan fingerprint density at radius 1 is 1.44 bits per heavy atom. The molecule has 0 radical (unpaired) electrons. The van der Waals surface area contributed by atoms with Crippen LogP contribution in [0.5, 0.6) is 0 Å². The molecule has 3 N–H and O–H groups in total. The maximum absolute atomic E-state index is 9.68. The van der Waals surface area contributed by atoms with Crippen molar-refractivity contribution in [1.29, 1.82) is 0 Å². The largest absolute Gasteiger partial charge is 0.399 e. The van der Waals surface area contributed by atoms with Crippen molar-refractivity contribution >= 4 is 5.69 Å². The van der Waals surface area contributed by atoms with Crippen LogP contribution in [0.2, 0.25) is 0 Å². The van der Waals surface area contributed by atoms with Gasteiger partial charge in [0, 0.05) is 18.3 Å². The molecular formula is C13H20N2O. The zero-order chi connectivity index (χ0) is 11.5. The quantitative estimate of drug-likeness (QED) is 0.761. The molecule has 1 aromatic carbocycles. The van der Waals surface area contributed by atoms with E-state index in [2.05, 4.69) is 17.0 Å². The van der Waals surface area contributed by atoms with Crippen molar-refractivity contribution in [1.82, 2.24) is 4.90 Å². The number of likely N-dealkylation sites (tertiary alicyclic amines) is 1. The number of benzene rings is 1. The first-order valence-corrected chi connectivity index (χ1v) is 5.93. The molecule has 1 aliphatic rings. The molecule has 3 nitrogen and oxygen atoms in total. The number of nitrogen functional groups attached to an aromatic ring is 1. The van der Waals surface area contributed by atoms with Gasteiger partial charge in [0.25, 0.3) is 0 Å². The van der Waals surface area contributed by atoms with Gasteiger partial charge >= 0.3 is 0 Å². The molecule has 0 bridgehead atoms. The van der Waals surface area contributed by atoms with Crippen LogP contribution in [0.1, 0.15) is 25.3 Å². The van der Waals surface area contributed by atoms with Crippen molar-refractivity contribution in [3.05, 3.63) is 29.8 Å². The molecule has 16 heavy (non-hydrogen) atoms. The van der Waals surface area contributed by atoms with E-state index in [1.807, 2.05) is 19.1 Å². The molecule has 1 heterocycles. The van der Waals surface area contributed by atoms with E-state index in [0.717, 1.165) is 25.2 Å². The normalized spacial score (nSPS) is 23.5. The van der Waals surface area contributed by atoms with Crippen LogP contribution in [0.4, 0.5) is 5.69 Å². The molecule has 0 aliphatic carbocycles. The van der Waals surface area contributed by atoms with E-state index in [9.17, 15) is 5.11 Å². The minimum absolute atomic E-state index is 0.240. The van der Waals surface area contributed by atoms with E-state index in [0.29, 0.717) is 6.04 Å². The summed E-state index contributed by atoms with van der Waals surface area (Å²) in [4.78, 5) is 2.36. The number of nitrogens with two attached hydrogens (primary N) is 1. The van der Waals surface area contributed by atoms with E-state index >= 15 is 0 Å². The molecule has 1 aromatic rings. The van der Waals surface area contributed by atoms with Gasteiger partial charge in [-0.05, 0) is 44.0 Å². The topological polar surface area (TPSA) is 49.5 Å². The molecule has 0 aromatic heterocycles. The Labute approximate surface area is 96.9 Å². The molecule has 2 atom stereocenters. The van der Waals surface area contributed by atoms with Gasteiger partial charge in [-0.2, -0.15) is 0 Å². The molecule has 1 fully saturated rings. The van der Waals surface area contributed by atoms with Crippen molar-refractivity contribution in [3.8, 4) is 0 Å². The van der Waals surface area contributed by atoms with Crippen LogP contribution in [0.25, 0.3) is 0 Å². The van der Waals surface area contributed by atoms with Gasteiger partial charge in [0.05, 0.1) is 6.10 Å². The van der Waals surface area contributed by atoms with Gasteiger partial charge in [-0.15, -0.1) is 0 Å². The first-order chi connectivity index (χ1) is 7.66. The first kappa shape index (κ1) is 11.4. The third kappa shape index (κ3) is 2.54. The second kappa shape index (κ2) is 4.85. The predicted octanol–water partition coefficient (Wildman–Crippen LogP) is 1.61. The summed E-state index contributed by atoms with van der Waals surface area (Å²) in [7, 11) is 0. The first-order valence-electron chi connectivity index (χ1n) is 5.93. The summed E-state index contributed by atoms with van der Waals surface area (Å²) in [6.45, 7) is 3.88. The summed E-state index contributed by atoms with van der Waals surface area (Å²) in [5.74, 6) is 0. The monoisotopic (exact) mass is 220 g/mol. The molecule has 1 saturated heterocycles. The maximum atomic E-state index is 9.68. The van der Waals surface area contributed by atoms with Gasteiger partial charge in [0.2, 0.25) is 0 Å². The standard InChI is InChI=1S/C13H20N2O/c1-10(16)13-3-2-8-15(13)9-11-4-6-12(14)7-5-11/h4-7,10,13,16H,2-3,8-9,14H2,1H3. The highest BCUT2D eigenvalue weighted by molar-refractivity contribution is 5.39. The number of aliphatic hydroxyl groups excluding tert-OH is 1.